The lowest BCUT2D eigenvalue weighted by Gasteiger charge is -2.30. The number of rotatable bonds is 3. The summed E-state index contributed by atoms with van der Waals surface area (Å²) in [6, 6.07) is 3.68. The summed E-state index contributed by atoms with van der Waals surface area (Å²) in [5.74, 6) is 0.742. The van der Waals surface area contributed by atoms with E-state index in [2.05, 4.69) is 37.9 Å². The first kappa shape index (κ1) is 11.3. The van der Waals surface area contributed by atoms with E-state index in [1.165, 1.54) is 4.63 Å². The molecular weight excluding hydrogens is 234 g/mol. The lowest BCUT2D eigenvalue weighted by molar-refractivity contribution is -0.0117. The fraction of sp³-hybridized carbons (Fsp3) is 0.600. The molecule has 3 heterocycles. The molecule has 2 aromatic heterocycles. The minimum absolute atomic E-state index is 0.190. The van der Waals surface area contributed by atoms with Crippen LogP contribution in [0.25, 0.3) is 5.65 Å². The lowest BCUT2D eigenvalue weighted by atomic mass is 10.3. The van der Waals surface area contributed by atoms with Crippen molar-refractivity contribution in [2.24, 2.45) is 0 Å². The molecule has 1 unspecified atom stereocenters. The molecule has 1 aliphatic heterocycles. The summed E-state index contributed by atoms with van der Waals surface area (Å²) in [5.41, 5.74) is 0.634. The number of anilines is 1. The van der Waals surface area contributed by atoms with Gasteiger partial charge in [0.25, 0.3) is 0 Å². The third-order valence-corrected chi connectivity index (χ3v) is 2.92. The Kier molecular flexibility index (Phi) is 3.03. The van der Waals surface area contributed by atoms with Gasteiger partial charge in [-0.2, -0.15) is 0 Å². The molecule has 3 rings (SSSR count). The van der Waals surface area contributed by atoms with Crippen molar-refractivity contribution in [2.45, 2.75) is 6.10 Å². The van der Waals surface area contributed by atoms with Crippen LogP contribution in [0.4, 0.5) is 5.82 Å². The molecule has 2 aromatic rings. The Bertz CT molecular complexity index is 528. The predicted molar refractivity (Wildman–Crippen MR) is 64.3 cm³/mol. The molecule has 1 N–H and O–H groups in total. The van der Waals surface area contributed by atoms with Crippen molar-refractivity contribution >= 4 is 11.5 Å². The molecule has 0 saturated carbocycles. The number of likely N-dealkylation sites (N-methyl/N-ethyl adjacent to an activating group) is 1. The first-order chi connectivity index (χ1) is 8.81. The van der Waals surface area contributed by atoms with Crippen molar-refractivity contribution in [3.05, 3.63) is 12.1 Å². The van der Waals surface area contributed by atoms with Crippen molar-refractivity contribution in [3.63, 3.8) is 0 Å². The second-order valence-electron chi connectivity index (χ2n) is 4.38. The molecule has 1 saturated heterocycles. The molecule has 1 fully saturated rings. The van der Waals surface area contributed by atoms with E-state index in [0.29, 0.717) is 5.65 Å². The van der Waals surface area contributed by atoms with E-state index in [4.69, 9.17) is 4.74 Å². The second kappa shape index (κ2) is 4.83. The minimum Gasteiger partial charge on any atom is -0.374 e. The molecule has 0 aliphatic carbocycles. The number of aromatic nitrogens is 5. The van der Waals surface area contributed by atoms with Crippen LogP contribution in [0.1, 0.15) is 0 Å². The average molecular weight is 249 g/mol. The van der Waals surface area contributed by atoms with Crippen LogP contribution in [0.15, 0.2) is 12.1 Å². The van der Waals surface area contributed by atoms with Crippen LogP contribution in [0, 0.1) is 0 Å². The van der Waals surface area contributed by atoms with E-state index in [9.17, 15) is 0 Å². The summed E-state index contributed by atoms with van der Waals surface area (Å²) < 4.78 is 7.06. The molecule has 0 bridgehead atoms. The molecule has 1 atom stereocenters. The summed E-state index contributed by atoms with van der Waals surface area (Å²) in [6.45, 7) is 3.43. The molecule has 0 amide bonds. The van der Waals surface area contributed by atoms with Crippen LogP contribution in [-0.2, 0) is 4.74 Å². The number of hydrogen-bond donors (Lipinski definition) is 1. The van der Waals surface area contributed by atoms with Crippen molar-refractivity contribution < 1.29 is 4.74 Å². The normalized spacial score (nSPS) is 21.3. The SMILES string of the molecule is CN1CCOC(CNc2ccc3nnnn3n2)C1. The fourth-order valence-corrected chi connectivity index (χ4v) is 1.95. The maximum absolute atomic E-state index is 5.66. The zero-order chi connectivity index (χ0) is 12.4. The van der Waals surface area contributed by atoms with Gasteiger partial charge in [-0.1, -0.05) is 0 Å². The van der Waals surface area contributed by atoms with E-state index in [1.54, 1.807) is 0 Å². The standard InChI is InChI=1S/C10H15N7O/c1-16-4-5-18-8(7-16)6-11-9-2-3-10-12-14-15-17(10)13-9/h2-3,8H,4-7H2,1H3,(H,11,13). The lowest BCUT2D eigenvalue weighted by Crippen LogP contribution is -2.43. The summed E-state index contributed by atoms with van der Waals surface area (Å²) in [7, 11) is 2.10. The van der Waals surface area contributed by atoms with Crippen molar-refractivity contribution in [1.82, 2.24) is 30.2 Å². The number of nitrogens with one attached hydrogen (secondary N) is 1. The van der Waals surface area contributed by atoms with Gasteiger partial charge in [-0.05, 0) is 29.6 Å². The van der Waals surface area contributed by atoms with Gasteiger partial charge in [0.2, 0.25) is 0 Å². The van der Waals surface area contributed by atoms with Gasteiger partial charge in [-0.15, -0.1) is 14.8 Å². The third-order valence-electron chi connectivity index (χ3n) is 2.92. The van der Waals surface area contributed by atoms with E-state index in [0.717, 1.165) is 32.1 Å². The molecular formula is C10H15N7O. The summed E-state index contributed by atoms with van der Waals surface area (Å²) in [6.07, 6.45) is 0.190. The number of tetrazole rings is 1. The van der Waals surface area contributed by atoms with Gasteiger partial charge < -0.3 is 15.0 Å². The molecule has 0 radical (unpaired) electrons. The number of hydrogen-bond acceptors (Lipinski definition) is 7. The largest absolute Gasteiger partial charge is 0.374 e. The van der Waals surface area contributed by atoms with Gasteiger partial charge >= 0.3 is 0 Å². The maximum Gasteiger partial charge on any atom is 0.200 e. The summed E-state index contributed by atoms with van der Waals surface area (Å²) in [4.78, 5) is 2.26. The molecule has 8 heteroatoms. The highest BCUT2D eigenvalue weighted by atomic mass is 16.5. The van der Waals surface area contributed by atoms with Crippen molar-refractivity contribution in [2.75, 3.05) is 38.6 Å². The summed E-state index contributed by atoms with van der Waals surface area (Å²) in [5, 5.41) is 18.6. The Labute approximate surface area is 104 Å². The van der Waals surface area contributed by atoms with E-state index in [1.807, 2.05) is 12.1 Å². The first-order valence-electron chi connectivity index (χ1n) is 5.91. The number of nitrogens with zero attached hydrogens (tertiary/aromatic N) is 6. The van der Waals surface area contributed by atoms with Crippen molar-refractivity contribution in [1.29, 1.82) is 0 Å². The Morgan fingerprint density at radius 2 is 2.44 bits per heavy atom. The predicted octanol–water partition coefficient (Wildman–Crippen LogP) is -0.738. The molecule has 0 aromatic carbocycles. The zero-order valence-electron chi connectivity index (χ0n) is 10.2. The highest BCUT2D eigenvalue weighted by molar-refractivity contribution is 5.42. The monoisotopic (exact) mass is 249 g/mol. The van der Waals surface area contributed by atoms with Crippen LogP contribution < -0.4 is 5.32 Å². The molecule has 8 nitrogen and oxygen atoms in total. The fourth-order valence-electron chi connectivity index (χ4n) is 1.95. The highest BCUT2D eigenvalue weighted by Crippen LogP contribution is 2.06. The zero-order valence-corrected chi connectivity index (χ0v) is 10.2. The van der Waals surface area contributed by atoms with Gasteiger partial charge in [-0.3, -0.25) is 0 Å². The first-order valence-corrected chi connectivity index (χ1v) is 5.91. The Morgan fingerprint density at radius 3 is 3.33 bits per heavy atom. The smallest absolute Gasteiger partial charge is 0.200 e. The Balaban J connectivity index is 1.61. The Morgan fingerprint density at radius 1 is 1.50 bits per heavy atom. The minimum atomic E-state index is 0.190. The van der Waals surface area contributed by atoms with Gasteiger partial charge in [-0.25, -0.2) is 0 Å². The van der Waals surface area contributed by atoms with Gasteiger partial charge in [0.15, 0.2) is 5.65 Å². The quantitative estimate of drug-likeness (QED) is 0.767. The number of morpholine rings is 1. The van der Waals surface area contributed by atoms with E-state index < -0.39 is 0 Å². The van der Waals surface area contributed by atoms with Gasteiger partial charge in [0.05, 0.1) is 12.7 Å². The van der Waals surface area contributed by atoms with Gasteiger partial charge in [0.1, 0.15) is 5.82 Å². The van der Waals surface area contributed by atoms with Crippen LogP contribution in [0.2, 0.25) is 0 Å². The third kappa shape index (κ3) is 2.39. The molecule has 0 spiro atoms. The van der Waals surface area contributed by atoms with Crippen LogP contribution >= 0.6 is 0 Å². The molecule has 18 heavy (non-hydrogen) atoms. The highest BCUT2D eigenvalue weighted by Gasteiger charge is 2.17. The molecule has 1 aliphatic rings. The second-order valence-corrected chi connectivity index (χ2v) is 4.38. The van der Waals surface area contributed by atoms with Gasteiger partial charge in [0, 0.05) is 19.6 Å². The van der Waals surface area contributed by atoms with E-state index in [-0.39, 0.29) is 6.10 Å². The van der Waals surface area contributed by atoms with E-state index >= 15 is 0 Å². The topological polar surface area (TPSA) is 80.5 Å². The molecule has 96 valence electrons. The van der Waals surface area contributed by atoms with Crippen LogP contribution in [-0.4, -0.2) is 69.5 Å². The van der Waals surface area contributed by atoms with Crippen LogP contribution in [0.5, 0.6) is 0 Å². The number of fused-ring (bicyclic) bond motifs is 1. The van der Waals surface area contributed by atoms with Crippen LogP contribution in [0.3, 0.4) is 0 Å². The Hall–Kier alpha value is -1.80. The summed E-state index contributed by atoms with van der Waals surface area (Å²) >= 11 is 0. The number of ether oxygens (including phenoxy) is 1. The average Bonchev–Trinajstić information content (AvgIpc) is 2.84. The maximum atomic E-state index is 5.66. The van der Waals surface area contributed by atoms with Crippen molar-refractivity contribution in [3.8, 4) is 0 Å².